The highest BCUT2D eigenvalue weighted by Gasteiger charge is 2.34. The molecule has 0 amide bonds. The molecule has 2 aliphatic heterocycles. The highest BCUT2D eigenvalue weighted by molar-refractivity contribution is 7.80. The van der Waals surface area contributed by atoms with Gasteiger partial charge in [-0.05, 0) is 62.5 Å². The van der Waals surface area contributed by atoms with Crippen molar-refractivity contribution in [3.8, 4) is 0 Å². The summed E-state index contributed by atoms with van der Waals surface area (Å²) in [6.45, 7) is 6.02. The van der Waals surface area contributed by atoms with Gasteiger partial charge in [-0.1, -0.05) is 12.1 Å². The number of hydrogen-bond acceptors (Lipinski definition) is 5. The lowest BCUT2D eigenvalue weighted by Gasteiger charge is -2.38. The molecule has 0 atom stereocenters. The first-order valence-corrected chi connectivity index (χ1v) is 10.9. The maximum absolute atomic E-state index is 13.4. The minimum absolute atomic E-state index is 0.147. The standard InChI is InChI=1S/C22H28FN5OS/c1-16-14-19(28-10-2-3-11-28)26-20(25-16)27-21(30)24-15-22(8-12-29-13-9-22)17-4-6-18(23)7-5-17/h4-7,14H,2-3,8-13,15H2,1H3,(H2,24,25,26,27,30). The van der Waals surface area contributed by atoms with Gasteiger partial charge in [0.25, 0.3) is 0 Å². The van der Waals surface area contributed by atoms with E-state index in [0.717, 1.165) is 43.0 Å². The molecule has 0 unspecified atom stereocenters. The third-order valence-corrected chi connectivity index (χ3v) is 6.24. The number of aromatic nitrogens is 2. The van der Waals surface area contributed by atoms with Crippen LogP contribution in [0.2, 0.25) is 0 Å². The number of hydrogen-bond donors (Lipinski definition) is 2. The summed E-state index contributed by atoms with van der Waals surface area (Å²) in [7, 11) is 0. The van der Waals surface area contributed by atoms with E-state index >= 15 is 0 Å². The summed E-state index contributed by atoms with van der Waals surface area (Å²) < 4.78 is 19.0. The van der Waals surface area contributed by atoms with Crippen molar-refractivity contribution in [2.24, 2.45) is 0 Å². The van der Waals surface area contributed by atoms with Gasteiger partial charge in [-0.2, -0.15) is 4.98 Å². The summed E-state index contributed by atoms with van der Waals surface area (Å²) in [6, 6.07) is 8.78. The van der Waals surface area contributed by atoms with Crippen LogP contribution in [-0.2, 0) is 10.2 Å². The molecule has 1 aromatic carbocycles. The molecule has 2 N–H and O–H groups in total. The first-order valence-electron chi connectivity index (χ1n) is 10.5. The monoisotopic (exact) mass is 429 g/mol. The molecule has 2 saturated heterocycles. The molecule has 30 heavy (non-hydrogen) atoms. The topological polar surface area (TPSA) is 62.3 Å². The largest absolute Gasteiger partial charge is 0.381 e. The van der Waals surface area contributed by atoms with Crippen molar-refractivity contribution in [2.45, 2.75) is 38.0 Å². The van der Waals surface area contributed by atoms with Gasteiger partial charge < -0.3 is 20.3 Å². The third kappa shape index (κ3) is 4.87. The predicted molar refractivity (Wildman–Crippen MR) is 121 cm³/mol. The molecule has 4 rings (SSSR count). The van der Waals surface area contributed by atoms with Gasteiger partial charge in [0.1, 0.15) is 11.6 Å². The van der Waals surface area contributed by atoms with Crippen LogP contribution in [0.4, 0.5) is 16.2 Å². The maximum Gasteiger partial charge on any atom is 0.231 e. The molecule has 0 saturated carbocycles. The Bertz CT molecular complexity index is 880. The van der Waals surface area contributed by atoms with E-state index < -0.39 is 0 Å². The molecule has 0 aliphatic carbocycles. The average molecular weight is 430 g/mol. The van der Waals surface area contributed by atoms with Crippen molar-refractivity contribution in [3.05, 3.63) is 47.4 Å². The highest BCUT2D eigenvalue weighted by atomic mass is 32.1. The second kappa shape index (κ2) is 9.22. The molecule has 1 aromatic heterocycles. The normalized spacial score (nSPS) is 18.3. The van der Waals surface area contributed by atoms with Crippen LogP contribution in [0.1, 0.15) is 36.9 Å². The Morgan fingerprint density at radius 2 is 1.87 bits per heavy atom. The van der Waals surface area contributed by atoms with Crippen molar-refractivity contribution in [2.75, 3.05) is 43.1 Å². The number of nitrogens with one attached hydrogen (secondary N) is 2. The quantitative estimate of drug-likeness (QED) is 0.705. The van der Waals surface area contributed by atoms with Crippen molar-refractivity contribution < 1.29 is 9.13 Å². The van der Waals surface area contributed by atoms with Crippen LogP contribution in [0.25, 0.3) is 0 Å². The van der Waals surface area contributed by atoms with E-state index in [9.17, 15) is 4.39 Å². The number of ether oxygens (including phenoxy) is 1. The summed E-state index contributed by atoms with van der Waals surface area (Å²) in [5.41, 5.74) is 1.86. The van der Waals surface area contributed by atoms with Gasteiger partial charge in [-0.15, -0.1) is 0 Å². The molecule has 8 heteroatoms. The molecule has 3 heterocycles. The van der Waals surface area contributed by atoms with E-state index in [1.165, 1.54) is 25.0 Å². The van der Waals surface area contributed by atoms with Crippen LogP contribution in [0.3, 0.4) is 0 Å². The third-order valence-electron chi connectivity index (χ3n) is 5.99. The number of aryl methyl sites for hydroxylation is 1. The zero-order chi connectivity index (χ0) is 21.0. The molecule has 2 aliphatic rings. The van der Waals surface area contributed by atoms with Crippen molar-refractivity contribution in [1.82, 2.24) is 15.3 Å². The predicted octanol–water partition coefficient (Wildman–Crippen LogP) is 3.56. The summed E-state index contributed by atoms with van der Waals surface area (Å²) in [4.78, 5) is 11.4. The molecular formula is C22H28FN5OS. The van der Waals surface area contributed by atoms with Crippen LogP contribution in [-0.4, -0.2) is 47.9 Å². The van der Waals surface area contributed by atoms with Gasteiger partial charge in [0.15, 0.2) is 5.11 Å². The van der Waals surface area contributed by atoms with Gasteiger partial charge in [0.2, 0.25) is 5.95 Å². The molecule has 160 valence electrons. The Morgan fingerprint density at radius 1 is 1.17 bits per heavy atom. The maximum atomic E-state index is 13.4. The summed E-state index contributed by atoms with van der Waals surface area (Å²) >= 11 is 5.54. The highest BCUT2D eigenvalue weighted by Crippen LogP contribution is 2.34. The Hall–Kier alpha value is -2.32. The molecule has 2 fully saturated rings. The smallest absolute Gasteiger partial charge is 0.231 e. The number of anilines is 2. The lowest BCUT2D eigenvalue weighted by Crippen LogP contribution is -2.45. The lowest BCUT2D eigenvalue weighted by molar-refractivity contribution is 0.0515. The second-order valence-corrected chi connectivity index (χ2v) is 8.50. The second-order valence-electron chi connectivity index (χ2n) is 8.09. The van der Waals surface area contributed by atoms with Gasteiger partial charge in [-0.25, -0.2) is 9.37 Å². The molecular weight excluding hydrogens is 401 g/mol. The van der Waals surface area contributed by atoms with Gasteiger partial charge in [-0.3, -0.25) is 0 Å². The van der Waals surface area contributed by atoms with Gasteiger partial charge in [0.05, 0.1) is 0 Å². The lowest BCUT2D eigenvalue weighted by atomic mass is 9.74. The van der Waals surface area contributed by atoms with E-state index in [0.29, 0.717) is 30.8 Å². The number of benzene rings is 1. The number of rotatable bonds is 5. The first-order chi connectivity index (χ1) is 14.5. The van der Waals surface area contributed by atoms with Crippen molar-refractivity contribution in [3.63, 3.8) is 0 Å². The minimum Gasteiger partial charge on any atom is -0.381 e. The van der Waals surface area contributed by atoms with Gasteiger partial charge in [0, 0.05) is 50.0 Å². The van der Waals surface area contributed by atoms with Crippen molar-refractivity contribution in [1.29, 1.82) is 0 Å². The summed E-state index contributed by atoms with van der Waals surface area (Å²) in [6.07, 6.45) is 4.10. The fourth-order valence-electron chi connectivity index (χ4n) is 4.24. The van der Waals surface area contributed by atoms with Crippen LogP contribution in [0, 0.1) is 12.7 Å². The van der Waals surface area contributed by atoms with E-state index in [1.807, 2.05) is 25.1 Å². The number of halogens is 1. The van der Waals surface area contributed by atoms with Crippen LogP contribution in [0.5, 0.6) is 0 Å². The molecule has 0 spiro atoms. The van der Waals surface area contributed by atoms with Crippen LogP contribution < -0.4 is 15.5 Å². The SMILES string of the molecule is Cc1cc(N2CCCC2)nc(NC(=S)NCC2(c3ccc(F)cc3)CCOCC2)n1. The van der Waals surface area contributed by atoms with Gasteiger partial charge >= 0.3 is 0 Å². The molecule has 6 nitrogen and oxygen atoms in total. The Kier molecular flexibility index (Phi) is 6.43. The van der Waals surface area contributed by atoms with Crippen molar-refractivity contribution >= 4 is 29.1 Å². The molecule has 2 aromatic rings. The Labute approximate surface area is 182 Å². The fraction of sp³-hybridized carbons (Fsp3) is 0.500. The number of thiocarbonyl (C=S) groups is 1. The summed E-state index contributed by atoms with van der Waals surface area (Å²) in [5, 5.41) is 6.97. The Balaban J connectivity index is 1.43. The molecule has 0 bridgehead atoms. The Morgan fingerprint density at radius 3 is 2.57 bits per heavy atom. The number of nitrogens with zero attached hydrogens (tertiary/aromatic N) is 3. The van der Waals surface area contributed by atoms with E-state index in [-0.39, 0.29) is 11.2 Å². The van der Waals surface area contributed by atoms with Crippen LogP contribution in [0.15, 0.2) is 30.3 Å². The fourth-order valence-corrected chi connectivity index (χ4v) is 4.41. The first kappa shape index (κ1) is 20.9. The van der Waals surface area contributed by atoms with E-state index in [4.69, 9.17) is 17.0 Å². The summed E-state index contributed by atoms with van der Waals surface area (Å²) in [5.74, 6) is 1.23. The average Bonchev–Trinajstić information content (AvgIpc) is 3.28. The zero-order valence-corrected chi connectivity index (χ0v) is 18.1. The molecule has 0 radical (unpaired) electrons. The van der Waals surface area contributed by atoms with Crippen LogP contribution >= 0.6 is 12.2 Å². The minimum atomic E-state index is -0.225. The van der Waals surface area contributed by atoms with E-state index in [1.54, 1.807) is 0 Å². The van der Waals surface area contributed by atoms with E-state index in [2.05, 4.69) is 25.5 Å². The zero-order valence-electron chi connectivity index (χ0n) is 17.3.